The molecule has 132 valence electrons. The van der Waals surface area contributed by atoms with Crippen molar-refractivity contribution in [1.82, 2.24) is 10.3 Å². The lowest BCUT2D eigenvalue weighted by atomic mass is 10.2. The number of aromatic nitrogens is 1. The van der Waals surface area contributed by atoms with Crippen LogP contribution in [0.5, 0.6) is 0 Å². The topological polar surface area (TPSA) is 81.4 Å². The zero-order valence-corrected chi connectivity index (χ0v) is 14.8. The Kier molecular flexibility index (Phi) is 4.53. The van der Waals surface area contributed by atoms with E-state index in [1.54, 1.807) is 30.5 Å². The van der Waals surface area contributed by atoms with Crippen molar-refractivity contribution in [2.75, 3.05) is 0 Å². The van der Waals surface area contributed by atoms with Crippen LogP contribution in [0, 0.1) is 6.92 Å². The first-order valence-corrected chi connectivity index (χ1v) is 9.05. The zero-order chi connectivity index (χ0) is 17.9. The van der Waals surface area contributed by atoms with E-state index in [0.29, 0.717) is 29.0 Å². The first kappa shape index (κ1) is 16.5. The highest BCUT2D eigenvalue weighted by Gasteiger charge is 2.13. The highest BCUT2D eigenvalue weighted by Crippen LogP contribution is 2.27. The molecule has 4 aromatic rings. The minimum absolute atomic E-state index is 0.264. The van der Waals surface area contributed by atoms with Crippen LogP contribution < -0.4 is 5.32 Å². The Morgan fingerprint density at radius 3 is 2.92 bits per heavy atom. The van der Waals surface area contributed by atoms with E-state index in [2.05, 4.69) is 10.3 Å². The van der Waals surface area contributed by atoms with E-state index < -0.39 is 0 Å². The number of aryl methyl sites for hydroxylation is 1. The van der Waals surface area contributed by atoms with Crippen molar-refractivity contribution < 1.29 is 18.0 Å². The molecule has 4 rings (SSSR count). The number of nitrogens with zero attached hydrogens (tertiary/aromatic N) is 1. The van der Waals surface area contributed by atoms with Crippen molar-refractivity contribution in [2.24, 2.45) is 0 Å². The van der Waals surface area contributed by atoms with E-state index in [0.717, 1.165) is 16.7 Å². The van der Waals surface area contributed by atoms with E-state index in [4.69, 9.17) is 13.3 Å². The van der Waals surface area contributed by atoms with Gasteiger partial charge in [0.1, 0.15) is 17.0 Å². The summed E-state index contributed by atoms with van der Waals surface area (Å²) >= 11 is 1.42. The van der Waals surface area contributed by atoms with Crippen LogP contribution in [0.3, 0.4) is 0 Å². The summed E-state index contributed by atoms with van der Waals surface area (Å²) in [5.41, 5.74) is 2.74. The number of hydrogen-bond acceptors (Lipinski definition) is 6. The molecule has 1 N–H and O–H groups in total. The number of carbonyl (C=O) groups is 1. The Balaban J connectivity index is 1.35. The number of fused-ring (bicyclic) bond motifs is 1. The number of rotatable bonds is 6. The summed E-state index contributed by atoms with van der Waals surface area (Å²) in [5.74, 6) is 1.87. The lowest BCUT2D eigenvalue weighted by molar-refractivity contribution is 0.0919. The summed E-state index contributed by atoms with van der Waals surface area (Å²) in [4.78, 5) is 16.5. The van der Waals surface area contributed by atoms with E-state index in [-0.39, 0.29) is 11.7 Å². The minimum Gasteiger partial charge on any atom is -0.467 e. The van der Waals surface area contributed by atoms with Gasteiger partial charge in [0.25, 0.3) is 11.1 Å². The predicted octanol–water partition coefficient (Wildman–Crippen LogP) is 4.54. The number of nitrogens with one attached hydrogen (secondary N) is 1. The van der Waals surface area contributed by atoms with Gasteiger partial charge in [-0.2, -0.15) is 0 Å². The largest absolute Gasteiger partial charge is 0.467 e. The van der Waals surface area contributed by atoms with Gasteiger partial charge in [-0.25, -0.2) is 4.98 Å². The molecule has 0 bridgehead atoms. The number of thioether (sulfide) groups is 1. The summed E-state index contributed by atoms with van der Waals surface area (Å²) in [6.07, 6.45) is 1.57. The van der Waals surface area contributed by atoms with Crippen LogP contribution in [0.4, 0.5) is 0 Å². The molecule has 1 amide bonds. The van der Waals surface area contributed by atoms with Gasteiger partial charge in [-0.15, -0.1) is 0 Å². The van der Waals surface area contributed by atoms with E-state index in [1.807, 2.05) is 25.1 Å². The van der Waals surface area contributed by atoms with Crippen molar-refractivity contribution in [3.8, 4) is 0 Å². The maximum atomic E-state index is 12.1. The molecule has 0 aliphatic carbocycles. The number of oxazole rings is 1. The van der Waals surface area contributed by atoms with E-state index >= 15 is 0 Å². The first-order chi connectivity index (χ1) is 12.7. The molecule has 0 radical (unpaired) electrons. The molecule has 7 heteroatoms. The van der Waals surface area contributed by atoms with E-state index in [1.165, 1.54) is 11.8 Å². The average Bonchev–Trinajstić information content (AvgIpc) is 3.37. The number of amides is 1. The molecule has 3 aromatic heterocycles. The SMILES string of the molecule is Cc1ccc2oc(SCc3ccc(C(=O)NCc4ccco4)o3)nc2c1. The Bertz CT molecular complexity index is 1030. The summed E-state index contributed by atoms with van der Waals surface area (Å²) in [5, 5.41) is 3.32. The Morgan fingerprint density at radius 2 is 2.08 bits per heavy atom. The average molecular weight is 368 g/mol. The van der Waals surface area contributed by atoms with Crippen molar-refractivity contribution >= 4 is 28.8 Å². The van der Waals surface area contributed by atoms with Gasteiger partial charge in [0.15, 0.2) is 11.3 Å². The van der Waals surface area contributed by atoms with Gasteiger partial charge in [-0.05, 0) is 48.9 Å². The lowest BCUT2D eigenvalue weighted by Gasteiger charge is -2.00. The molecule has 3 heterocycles. The summed E-state index contributed by atoms with van der Waals surface area (Å²) < 4.78 is 16.5. The molecule has 0 saturated heterocycles. The second-order valence-corrected chi connectivity index (χ2v) is 6.69. The maximum Gasteiger partial charge on any atom is 0.287 e. The standard InChI is InChI=1S/C19H16N2O4S/c1-12-4-6-16-15(9-12)21-19(25-16)26-11-14-5-7-17(24-14)18(22)20-10-13-3-2-8-23-13/h2-9H,10-11H2,1H3,(H,20,22). The van der Waals surface area contributed by atoms with Crippen LogP contribution in [-0.4, -0.2) is 10.9 Å². The van der Waals surface area contributed by atoms with Crippen molar-refractivity contribution in [2.45, 2.75) is 24.4 Å². The highest BCUT2D eigenvalue weighted by atomic mass is 32.2. The lowest BCUT2D eigenvalue weighted by Crippen LogP contribution is -2.21. The van der Waals surface area contributed by atoms with Gasteiger partial charge in [0.05, 0.1) is 18.6 Å². The van der Waals surface area contributed by atoms with Crippen molar-refractivity contribution in [3.63, 3.8) is 0 Å². The number of carbonyl (C=O) groups excluding carboxylic acids is 1. The molecule has 0 unspecified atom stereocenters. The quantitative estimate of drug-likeness (QED) is 0.503. The third-order valence-electron chi connectivity index (χ3n) is 3.75. The zero-order valence-electron chi connectivity index (χ0n) is 14.0. The molecule has 26 heavy (non-hydrogen) atoms. The summed E-state index contributed by atoms with van der Waals surface area (Å²) in [6.45, 7) is 2.33. The highest BCUT2D eigenvalue weighted by molar-refractivity contribution is 7.98. The fourth-order valence-electron chi connectivity index (χ4n) is 2.46. The smallest absolute Gasteiger partial charge is 0.287 e. The van der Waals surface area contributed by atoms with Crippen molar-refractivity contribution in [3.05, 3.63) is 71.6 Å². The van der Waals surface area contributed by atoms with Crippen LogP contribution in [0.1, 0.15) is 27.6 Å². The molecule has 0 saturated carbocycles. The number of benzene rings is 1. The van der Waals surface area contributed by atoms with Crippen LogP contribution in [-0.2, 0) is 12.3 Å². The van der Waals surface area contributed by atoms with Crippen LogP contribution in [0.2, 0.25) is 0 Å². The van der Waals surface area contributed by atoms with Crippen LogP contribution in [0.15, 0.2) is 67.2 Å². The van der Waals surface area contributed by atoms with Gasteiger partial charge in [-0.1, -0.05) is 17.8 Å². The molecule has 1 aromatic carbocycles. The van der Waals surface area contributed by atoms with Gasteiger partial charge in [-0.3, -0.25) is 4.79 Å². The van der Waals surface area contributed by atoms with Crippen LogP contribution in [0.25, 0.3) is 11.1 Å². The molecule has 0 fully saturated rings. The monoisotopic (exact) mass is 368 g/mol. The third kappa shape index (κ3) is 3.67. The number of hydrogen-bond donors (Lipinski definition) is 1. The molecular weight excluding hydrogens is 352 g/mol. The van der Waals surface area contributed by atoms with E-state index in [9.17, 15) is 4.79 Å². The number of furan rings is 2. The summed E-state index contributed by atoms with van der Waals surface area (Å²) in [6, 6.07) is 12.9. The molecule has 0 aliphatic heterocycles. The third-order valence-corrected chi connectivity index (χ3v) is 4.60. The second kappa shape index (κ2) is 7.13. The van der Waals surface area contributed by atoms with Crippen molar-refractivity contribution in [1.29, 1.82) is 0 Å². The minimum atomic E-state index is -0.282. The Hall–Kier alpha value is -2.93. The molecule has 0 aliphatic rings. The molecule has 0 spiro atoms. The van der Waals surface area contributed by atoms with Gasteiger partial charge < -0.3 is 18.6 Å². The first-order valence-electron chi connectivity index (χ1n) is 8.07. The Labute approximate surface area is 153 Å². The van der Waals surface area contributed by atoms with Gasteiger partial charge >= 0.3 is 0 Å². The molecular formula is C19H16N2O4S. The fourth-order valence-corrected chi connectivity index (χ4v) is 3.19. The van der Waals surface area contributed by atoms with Gasteiger partial charge in [0, 0.05) is 0 Å². The predicted molar refractivity (Wildman–Crippen MR) is 96.9 cm³/mol. The van der Waals surface area contributed by atoms with Crippen LogP contribution >= 0.6 is 11.8 Å². The van der Waals surface area contributed by atoms with Gasteiger partial charge in [0.2, 0.25) is 0 Å². The normalized spacial score (nSPS) is 11.1. The molecule has 0 atom stereocenters. The second-order valence-electron chi connectivity index (χ2n) is 5.77. The maximum absolute atomic E-state index is 12.1. The Morgan fingerprint density at radius 1 is 1.15 bits per heavy atom. The summed E-state index contributed by atoms with van der Waals surface area (Å²) in [7, 11) is 0. The fraction of sp³-hybridized carbons (Fsp3) is 0.158. The molecule has 6 nitrogen and oxygen atoms in total.